The Bertz CT molecular complexity index is 3590. The van der Waals surface area contributed by atoms with Crippen molar-refractivity contribution in [1.82, 2.24) is 18.3 Å². The van der Waals surface area contributed by atoms with Crippen LogP contribution in [0.15, 0.2) is 121 Å². The molecule has 0 amide bonds. The number of alkyl halides is 3. The highest BCUT2D eigenvalue weighted by Gasteiger charge is 2.44. The van der Waals surface area contributed by atoms with Crippen LogP contribution in [0.5, 0.6) is 0 Å². The number of aromatic nitrogens is 4. The Morgan fingerprint density at radius 1 is 0.446 bits per heavy atom. The molecule has 270 valence electrons. The molecule has 4 heterocycles. The van der Waals surface area contributed by atoms with Gasteiger partial charge in [-0.2, -0.15) is 18.4 Å². The van der Waals surface area contributed by atoms with Crippen LogP contribution in [0.4, 0.5) is 22.0 Å². The molecule has 0 saturated carbocycles. The summed E-state index contributed by atoms with van der Waals surface area (Å²) in [5.74, 6) is -3.43. The van der Waals surface area contributed by atoms with Crippen LogP contribution in [0.25, 0.3) is 98.6 Å². The van der Waals surface area contributed by atoms with E-state index in [0.717, 1.165) is 43.6 Å². The number of nitrogens with zero attached hydrogens (tertiary/aromatic N) is 5. The topological polar surface area (TPSA) is 43.5 Å². The average molecular weight is 744 g/mol. The lowest BCUT2D eigenvalue weighted by Gasteiger charge is -2.23. The van der Waals surface area contributed by atoms with E-state index in [1.807, 2.05) is 83.9 Å². The van der Waals surface area contributed by atoms with Gasteiger partial charge in [0.1, 0.15) is 17.2 Å². The fraction of sp³-hybridized carbons (Fsp3) is 0.0652. The van der Waals surface area contributed by atoms with Gasteiger partial charge in [0.15, 0.2) is 11.6 Å². The van der Waals surface area contributed by atoms with Gasteiger partial charge in [0.2, 0.25) is 0 Å². The zero-order valence-corrected chi connectivity index (χ0v) is 29.7. The third kappa shape index (κ3) is 4.01. The standard InChI is InChI=1S/C46H26F5N5/c1-53-33-15-7-3-11-24(33)28-21-39-30(19-37(28)53)26-13-5-9-17-35(26)55(39)44-32(23-52)42(47)43(48)45(41(44)46(49,50)51)56-36-18-10-6-14-27(36)31-20-38-29(22-40(31)56)25-12-4-8-16-34(25)54(38)2/h3-22H,1-2H3. The minimum atomic E-state index is -5.27. The van der Waals surface area contributed by atoms with Crippen molar-refractivity contribution in [3.63, 3.8) is 0 Å². The lowest BCUT2D eigenvalue weighted by molar-refractivity contribution is -0.137. The predicted molar refractivity (Wildman–Crippen MR) is 213 cm³/mol. The van der Waals surface area contributed by atoms with Crippen LogP contribution in [0, 0.1) is 23.0 Å². The third-order valence-electron chi connectivity index (χ3n) is 11.6. The molecule has 0 aliphatic rings. The van der Waals surface area contributed by atoms with Crippen molar-refractivity contribution in [2.45, 2.75) is 6.18 Å². The Labute approximate surface area is 313 Å². The molecular weight excluding hydrogens is 718 g/mol. The summed E-state index contributed by atoms with van der Waals surface area (Å²) in [5, 5.41) is 16.0. The van der Waals surface area contributed by atoms with E-state index in [2.05, 4.69) is 0 Å². The first-order valence-corrected chi connectivity index (χ1v) is 17.9. The molecule has 5 nitrogen and oxygen atoms in total. The predicted octanol–water partition coefficient (Wildman–Crippen LogP) is 12.3. The van der Waals surface area contributed by atoms with Gasteiger partial charge >= 0.3 is 6.18 Å². The van der Waals surface area contributed by atoms with Crippen LogP contribution >= 0.6 is 0 Å². The molecule has 0 N–H and O–H groups in total. The Morgan fingerprint density at radius 3 is 1.23 bits per heavy atom. The highest BCUT2D eigenvalue weighted by Crippen LogP contribution is 2.48. The Balaban J connectivity index is 1.36. The van der Waals surface area contributed by atoms with Crippen molar-refractivity contribution in [1.29, 1.82) is 5.26 Å². The maximum atomic E-state index is 17.0. The van der Waals surface area contributed by atoms with Crippen molar-refractivity contribution in [3.05, 3.63) is 144 Å². The summed E-state index contributed by atoms with van der Waals surface area (Å²) in [5.41, 5.74) is 0.316. The summed E-state index contributed by atoms with van der Waals surface area (Å²) in [6.07, 6.45) is -5.27. The zero-order chi connectivity index (χ0) is 38.4. The minimum absolute atomic E-state index is 0.251. The number of aryl methyl sites for hydroxylation is 2. The highest BCUT2D eigenvalue weighted by atomic mass is 19.4. The summed E-state index contributed by atoms with van der Waals surface area (Å²) in [4.78, 5) is 0. The molecule has 0 atom stereocenters. The number of hydrogen-bond donors (Lipinski definition) is 0. The van der Waals surface area contributed by atoms with Gasteiger partial charge < -0.3 is 18.3 Å². The van der Waals surface area contributed by atoms with Gasteiger partial charge in [0.25, 0.3) is 0 Å². The lowest BCUT2D eigenvalue weighted by Crippen LogP contribution is -2.20. The molecule has 11 aromatic rings. The van der Waals surface area contributed by atoms with Crippen LogP contribution in [0.1, 0.15) is 11.1 Å². The second-order valence-corrected chi connectivity index (χ2v) is 14.3. The lowest BCUT2D eigenvalue weighted by atomic mass is 10.0. The third-order valence-corrected chi connectivity index (χ3v) is 11.6. The Morgan fingerprint density at radius 2 is 0.804 bits per heavy atom. The molecule has 11 rings (SSSR count). The summed E-state index contributed by atoms with van der Waals surface area (Å²) in [6, 6.07) is 38.0. The van der Waals surface area contributed by atoms with Gasteiger partial charge in [-0.3, -0.25) is 0 Å². The van der Waals surface area contributed by atoms with Gasteiger partial charge in [-0.1, -0.05) is 72.8 Å². The minimum Gasteiger partial charge on any atom is -0.344 e. The number of hydrogen-bond acceptors (Lipinski definition) is 1. The molecule has 4 aromatic heterocycles. The first-order chi connectivity index (χ1) is 27.1. The number of nitriles is 1. The van der Waals surface area contributed by atoms with Gasteiger partial charge in [0.05, 0.1) is 33.4 Å². The smallest absolute Gasteiger partial charge is 0.344 e. The first-order valence-electron chi connectivity index (χ1n) is 17.9. The molecule has 0 aliphatic carbocycles. The molecule has 0 radical (unpaired) electrons. The van der Waals surface area contributed by atoms with Crippen molar-refractivity contribution >= 4 is 87.2 Å². The Kier molecular flexibility index (Phi) is 6.34. The van der Waals surface area contributed by atoms with Crippen LogP contribution in [-0.4, -0.2) is 18.3 Å². The molecule has 0 unspecified atom stereocenters. The Hall–Kier alpha value is -7.12. The van der Waals surface area contributed by atoms with E-state index in [-0.39, 0.29) is 11.0 Å². The zero-order valence-electron chi connectivity index (χ0n) is 29.7. The van der Waals surface area contributed by atoms with E-state index in [1.54, 1.807) is 66.7 Å². The molecule has 0 saturated heterocycles. The largest absolute Gasteiger partial charge is 0.420 e. The van der Waals surface area contributed by atoms with E-state index in [0.29, 0.717) is 32.6 Å². The summed E-state index contributed by atoms with van der Waals surface area (Å²) < 4.78 is 88.9. The van der Waals surface area contributed by atoms with Crippen LogP contribution in [-0.2, 0) is 20.3 Å². The summed E-state index contributed by atoms with van der Waals surface area (Å²) in [7, 11) is 3.84. The van der Waals surface area contributed by atoms with Crippen molar-refractivity contribution < 1.29 is 22.0 Å². The fourth-order valence-electron chi connectivity index (χ4n) is 9.19. The van der Waals surface area contributed by atoms with Gasteiger partial charge in [-0.25, -0.2) is 8.78 Å². The SMILES string of the molecule is Cn1c2ccccc2c2cc3c(cc21)c1ccccc1n3-c1c(F)c(F)c(C#N)c(-n2c3ccccc3c3cc4c(cc32)c2ccccc2n4C)c1C(F)(F)F. The van der Waals surface area contributed by atoms with Crippen molar-refractivity contribution in [2.24, 2.45) is 14.1 Å². The number of rotatable bonds is 2. The second kappa shape index (κ2) is 11.0. The van der Waals surface area contributed by atoms with Crippen LogP contribution < -0.4 is 0 Å². The number of halogens is 5. The van der Waals surface area contributed by atoms with E-state index in [4.69, 9.17) is 0 Å². The maximum absolute atomic E-state index is 17.0. The number of fused-ring (bicyclic) bond motifs is 12. The molecule has 10 heteroatoms. The van der Waals surface area contributed by atoms with Gasteiger partial charge in [-0.15, -0.1) is 0 Å². The molecular formula is C46H26F5N5. The van der Waals surface area contributed by atoms with Crippen molar-refractivity contribution in [2.75, 3.05) is 0 Å². The van der Waals surface area contributed by atoms with Gasteiger partial charge in [0, 0.05) is 79.3 Å². The van der Waals surface area contributed by atoms with Crippen molar-refractivity contribution in [3.8, 4) is 17.4 Å². The van der Waals surface area contributed by atoms with Gasteiger partial charge in [-0.05, 0) is 48.5 Å². The maximum Gasteiger partial charge on any atom is 0.420 e. The number of benzene rings is 7. The average Bonchev–Trinajstić information content (AvgIpc) is 3.89. The number of para-hydroxylation sites is 4. The van der Waals surface area contributed by atoms with E-state index >= 15 is 22.0 Å². The molecule has 56 heavy (non-hydrogen) atoms. The van der Waals surface area contributed by atoms with Crippen LogP contribution in [0.3, 0.4) is 0 Å². The summed E-state index contributed by atoms with van der Waals surface area (Å²) in [6.45, 7) is 0. The molecule has 0 bridgehead atoms. The second-order valence-electron chi connectivity index (χ2n) is 14.3. The normalized spacial score (nSPS) is 12.5. The highest BCUT2D eigenvalue weighted by molar-refractivity contribution is 6.20. The summed E-state index contributed by atoms with van der Waals surface area (Å²) >= 11 is 0. The fourth-order valence-corrected chi connectivity index (χ4v) is 9.19. The van der Waals surface area contributed by atoms with E-state index in [1.165, 1.54) is 9.13 Å². The molecule has 7 aromatic carbocycles. The molecule has 0 fully saturated rings. The first kappa shape index (κ1) is 32.3. The van der Waals surface area contributed by atoms with E-state index in [9.17, 15) is 5.26 Å². The van der Waals surface area contributed by atoms with Crippen LogP contribution in [0.2, 0.25) is 0 Å². The van der Waals surface area contributed by atoms with E-state index < -0.39 is 40.3 Å². The molecule has 0 spiro atoms. The quantitative estimate of drug-likeness (QED) is 0.163. The monoisotopic (exact) mass is 743 g/mol. The molecule has 0 aliphatic heterocycles.